The Bertz CT molecular complexity index is 430. The first-order valence-corrected chi connectivity index (χ1v) is 7.73. The fourth-order valence-electron chi connectivity index (χ4n) is 2.19. The number of ether oxygens (including phenoxy) is 2. The van der Waals surface area contributed by atoms with Gasteiger partial charge in [-0.1, -0.05) is 34.5 Å². The van der Waals surface area contributed by atoms with Crippen molar-refractivity contribution in [1.29, 1.82) is 0 Å². The van der Waals surface area contributed by atoms with E-state index in [0.717, 1.165) is 23.9 Å². The molecule has 1 aromatic rings. The van der Waals surface area contributed by atoms with E-state index >= 15 is 0 Å². The van der Waals surface area contributed by atoms with Crippen molar-refractivity contribution in [3.63, 3.8) is 0 Å². The predicted molar refractivity (Wildman–Crippen MR) is 81.1 cm³/mol. The lowest BCUT2D eigenvalue weighted by Crippen LogP contribution is -2.60. The molecule has 1 aromatic carbocycles. The molecule has 3 nitrogen and oxygen atoms in total. The molecule has 0 spiro atoms. The SMILES string of the molecule is CCCOC1C(NC)CC1Oc1cc(Br)ccc1Cl. The number of halogens is 2. The summed E-state index contributed by atoms with van der Waals surface area (Å²) in [7, 11) is 1.95. The summed E-state index contributed by atoms with van der Waals surface area (Å²) >= 11 is 9.57. The molecule has 1 saturated carbocycles. The van der Waals surface area contributed by atoms with E-state index in [4.69, 9.17) is 21.1 Å². The molecule has 5 heteroatoms. The predicted octanol–water partition coefficient (Wildman–Crippen LogP) is 3.64. The maximum Gasteiger partial charge on any atom is 0.139 e. The van der Waals surface area contributed by atoms with Crippen LogP contribution in [0.3, 0.4) is 0 Å². The molecule has 1 aliphatic carbocycles. The Labute approximate surface area is 127 Å². The van der Waals surface area contributed by atoms with Gasteiger partial charge in [-0.25, -0.2) is 0 Å². The second-order valence-electron chi connectivity index (χ2n) is 4.70. The molecule has 3 unspecified atom stereocenters. The van der Waals surface area contributed by atoms with Gasteiger partial charge in [0, 0.05) is 23.5 Å². The fraction of sp³-hybridized carbons (Fsp3) is 0.571. The first-order chi connectivity index (χ1) is 9.15. The monoisotopic (exact) mass is 347 g/mol. The van der Waals surface area contributed by atoms with Gasteiger partial charge in [-0.15, -0.1) is 0 Å². The van der Waals surface area contributed by atoms with Crippen molar-refractivity contribution in [2.75, 3.05) is 13.7 Å². The van der Waals surface area contributed by atoms with Crippen LogP contribution < -0.4 is 10.1 Å². The van der Waals surface area contributed by atoms with Crippen molar-refractivity contribution < 1.29 is 9.47 Å². The zero-order chi connectivity index (χ0) is 13.8. The van der Waals surface area contributed by atoms with Crippen LogP contribution in [0.25, 0.3) is 0 Å². The summed E-state index contributed by atoms with van der Waals surface area (Å²) in [4.78, 5) is 0. The number of nitrogens with one attached hydrogen (secondary N) is 1. The van der Waals surface area contributed by atoms with Crippen molar-refractivity contribution in [2.45, 2.75) is 38.0 Å². The minimum atomic E-state index is 0.0656. The number of hydrogen-bond acceptors (Lipinski definition) is 3. The van der Waals surface area contributed by atoms with E-state index in [0.29, 0.717) is 16.8 Å². The molecule has 0 amide bonds. The molecule has 106 valence electrons. The minimum absolute atomic E-state index is 0.0656. The Morgan fingerprint density at radius 2 is 2.26 bits per heavy atom. The molecule has 1 aliphatic rings. The van der Waals surface area contributed by atoms with Gasteiger partial charge >= 0.3 is 0 Å². The van der Waals surface area contributed by atoms with Crippen molar-refractivity contribution in [2.24, 2.45) is 0 Å². The van der Waals surface area contributed by atoms with Crippen molar-refractivity contribution >= 4 is 27.5 Å². The molecular formula is C14H19BrClNO2. The highest BCUT2D eigenvalue weighted by molar-refractivity contribution is 9.10. The number of likely N-dealkylation sites (N-methyl/N-ethyl adjacent to an activating group) is 1. The summed E-state index contributed by atoms with van der Waals surface area (Å²) in [6.45, 7) is 2.86. The average Bonchev–Trinajstić information content (AvgIpc) is 2.38. The average molecular weight is 349 g/mol. The summed E-state index contributed by atoms with van der Waals surface area (Å²) in [6.07, 6.45) is 2.11. The molecule has 0 bridgehead atoms. The van der Waals surface area contributed by atoms with Crippen LogP contribution in [0.1, 0.15) is 19.8 Å². The molecule has 19 heavy (non-hydrogen) atoms. The zero-order valence-electron chi connectivity index (χ0n) is 11.2. The summed E-state index contributed by atoms with van der Waals surface area (Å²) in [5.41, 5.74) is 0. The van der Waals surface area contributed by atoms with Gasteiger partial charge in [-0.3, -0.25) is 0 Å². The summed E-state index contributed by atoms with van der Waals surface area (Å²) in [5.74, 6) is 0.709. The van der Waals surface area contributed by atoms with E-state index in [1.165, 1.54) is 0 Å². The fourth-order valence-corrected chi connectivity index (χ4v) is 2.69. The molecule has 0 saturated heterocycles. The Balaban J connectivity index is 2.00. The second kappa shape index (κ2) is 6.93. The zero-order valence-corrected chi connectivity index (χ0v) is 13.5. The molecular weight excluding hydrogens is 330 g/mol. The highest BCUT2D eigenvalue weighted by atomic mass is 79.9. The third kappa shape index (κ3) is 3.63. The maximum atomic E-state index is 6.14. The molecule has 0 radical (unpaired) electrons. The number of hydrogen-bond donors (Lipinski definition) is 1. The van der Waals surface area contributed by atoms with Crippen LogP contribution in [-0.4, -0.2) is 31.9 Å². The van der Waals surface area contributed by atoms with E-state index < -0.39 is 0 Å². The molecule has 0 aliphatic heterocycles. The molecule has 1 N–H and O–H groups in total. The van der Waals surface area contributed by atoms with Crippen molar-refractivity contribution in [1.82, 2.24) is 5.32 Å². The summed E-state index contributed by atoms with van der Waals surface area (Å²) in [5, 5.41) is 3.88. The lowest BCUT2D eigenvalue weighted by molar-refractivity contribution is -0.106. The Hall–Kier alpha value is -0.290. The third-order valence-electron chi connectivity index (χ3n) is 3.31. The topological polar surface area (TPSA) is 30.5 Å². The van der Waals surface area contributed by atoms with E-state index in [2.05, 4.69) is 28.2 Å². The van der Waals surface area contributed by atoms with Crippen LogP contribution in [0, 0.1) is 0 Å². The van der Waals surface area contributed by atoms with Crippen LogP contribution in [0.4, 0.5) is 0 Å². The quantitative estimate of drug-likeness (QED) is 0.851. The van der Waals surface area contributed by atoms with Gasteiger partial charge in [-0.2, -0.15) is 0 Å². The van der Waals surface area contributed by atoms with E-state index in [1.807, 2.05) is 25.2 Å². The highest BCUT2D eigenvalue weighted by Gasteiger charge is 2.43. The Morgan fingerprint density at radius 3 is 2.95 bits per heavy atom. The minimum Gasteiger partial charge on any atom is -0.486 e. The molecule has 0 heterocycles. The Morgan fingerprint density at radius 1 is 1.47 bits per heavy atom. The summed E-state index contributed by atoms with van der Waals surface area (Å²) < 4.78 is 12.8. The van der Waals surface area contributed by atoms with Gasteiger partial charge in [-0.05, 0) is 31.7 Å². The second-order valence-corrected chi connectivity index (χ2v) is 6.02. The standard InChI is InChI=1S/C14H19BrClNO2/c1-3-6-18-14-11(17-2)8-13(14)19-12-7-9(15)4-5-10(12)16/h4-5,7,11,13-14,17H,3,6,8H2,1-2H3. The highest BCUT2D eigenvalue weighted by Crippen LogP contribution is 2.34. The van der Waals surface area contributed by atoms with Gasteiger partial charge < -0.3 is 14.8 Å². The van der Waals surface area contributed by atoms with Crippen LogP contribution in [0.2, 0.25) is 5.02 Å². The Kier molecular flexibility index (Phi) is 5.51. The van der Waals surface area contributed by atoms with Gasteiger partial charge in [0.25, 0.3) is 0 Å². The third-order valence-corrected chi connectivity index (χ3v) is 4.11. The lowest BCUT2D eigenvalue weighted by atomic mass is 9.85. The first kappa shape index (κ1) is 15.1. The first-order valence-electron chi connectivity index (χ1n) is 6.56. The smallest absolute Gasteiger partial charge is 0.139 e. The summed E-state index contributed by atoms with van der Waals surface area (Å²) in [6, 6.07) is 5.99. The molecule has 3 atom stereocenters. The van der Waals surface area contributed by atoms with Crippen molar-refractivity contribution in [3.05, 3.63) is 27.7 Å². The molecule has 1 fully saturated rings. The van der Waals surface area contributed by atoms with Crippen LogP contribution >= 0.6 is 27.5 Å². The van der Waals surface area contributed by atoms with Gasteiger partial charge in [0.2, 0.25) is 0 Å². The van der Waals surface area contributed by atoms with E-state index in [-0.39, 0.29) is 12.2 Å². The lowest BCUT2D eigenvalue weighted by Gasteiger charge is -2.43. The van der Waals surface area contributed by atoms with Crippen LogP contribution in [0.5, 0.6) is 5.75 Å². The number of benzene rings is 1. The normalized spacial score (nSPS) is 26.0. The van der Waals surface area contributed by atoms with Gasteiger partial charge in [0.1, 0.15) is 18.0 Å². The van der Waals surface area contributed by atoms with Gasteiger partial charge in [0.05, 0.1) is 5.02 Å². The van der Waals surface area contributed by atoms with E-state index in [9.17, 15) is 0 Å². The van der Waals surface area contributed by atoms with Crippen LogP contribution in [-0.2, 0) is 4.74 Å². The van der Waals surface area contributed by atoms with Crippen LogP contribution in [0.15, 0.2) is 22.7 Å². The largest absolute Gasteiger partial charge is 0.486 e. The maximum absolute atomic E-state index is 6.14. The molecule has 0 aromatic heterocycles. The van der Waals surface area contributed by atoms with E-state index in [1.54, 1.807) is 0 Å². The van der Waals surface area contributed by atoms with Crippen molar-refractivity contribution in [3.8, 4) is 5.75 Å². The molecule has 2 rings (SSSR count). The number of rotatable bonds is 6. The van der Waals surface area contributed by atoms with Gasteiger partial charge in [0.15, 0.2) is 0 Å².